The predicted molar refractivity (Wildman–Crippen MR) is 65.0 cm³/mol. The average Bonchev–Trinajstić information content (AvgIpc) is 2.34. The monoisotopic (exact) mass is 249 g/mol. The molecule has 0 aromatic heterocycles. The molecule has 0 aliphatic heterocycles. The lowest BCUT2D eigenvalue weighted by Gasteiger charge is -2.16. The van der Waals surface area contributed by atoms with Crippen LogP contribution in [-0.2, 0) is 19.1 Å². The third-order valence-corrected chi connectivity index (χ3v) is 1.78. The number of hydrogen-bond donors (Lipinski definition) is 0. The summed E-state index contributed by atoms with van der Waals surface area (Å²) in [5.41, 5.74) is -0.0125. The Morgan fingerprint density at radius 2 is 1.94 bits per heavy atom. The van der Waals surface area contributed by atoms with Gasteiger partial charge in [-0.1, -0.05) is 26.2 Å². The van der Waals surface area contributed by atoms with Crippen LogP contribution in [0.2, 0.25) is 0 Å². The summed E-state index contributed by atoms with van der Waals surface area (Å²) in [4.78, 5) is 22.8. The summed E-state index contributed by atoms with van der Waals surface area (Å²) in [7, 11) is 0. The van der Waals surface area contributed by atoms with Gasteiger partial charge in [0.1, 0.15) is 11.6 Å². The van der Waals surface area contributed by atoms with Gasteiger partial charge in [-0.05, 0) is 13.0 Å². The topological polar surface area (TPSA) is 76.4 Å². The summed E-state index contributed by atoms with van der Waals surface area (Å²) in [6, 6.07) is 1.67. The molecule has 0 saturated carbocycles. The number of carbonyl (C=O) groups excluding carboxylic acids is 2. The van der Waals surface area contributed by atoms with Crippen LogP contribution in [0.15, 0.2) is 36.5 Å². The van der Waals surface area contributed by atoms with Crippen LogP contribution in [-0.4, -0.2) is 18.2 Å². The van der Waals surface area contributed by atoms with Crippen molar-refractivity contribution in [2.24, 2.45) is 0 Å². The van der Waals surface area contributed by atoms with Crippen molar-refractivity contribution in [2.45, 2.75) is 26.6 Å². The smallest absolute Gasteiger partial charge is 0.351 e. The van der Waals surface area contributed by atoms with Gasteiger partial charge in [0.2, 0.25) is 6.29 Å². The van der Waals surface area contributed by atoms with Crippen molar-refractivity contribution < 1.29 is 19.1 Å². The lowest BCUT2D eigenvalue weighted by atomic mass is 10.3. The minimum absolute atomic E-state index is 0.201. The van der Waals surface area contributed by atoms with Crippen LogP contribution < -0.4 is 0 Å². The number of nitriles is 1. The molecule has 0 aliphatic carbocycles. The first-order chi connectivity index (χ1) is 8.46. The van der Waals surface area contributed by atoms with Gasteiger partial charge in [-0.2, -0.15) is 5.26 Å². The normalized spacial score (nSPS) is 11.9. The zero-order valence-corrected chi connectivity index (χ0v) is 10.4. The Bertz CT molecular complexity index is 429. The van der Waals surface area contributed by atoms with Crippen molar-refractivity contribution >= 4 is 11.9 Å². The first kappa shape index (κ1) is 15.7. The van der Waals surface area contributed by atoms with Crippen LogP contribution in [0.1, 0.15) is 20.3 Å². The summed E-state index contributed by atoms with van der Waals surface area (Å²) >= 11 is 0. The third kappa shape index (κ3) is 5.12. The second-order valence-electron chi connectivity index (χ2n) is 3.36. The number of nitrogens with zero attached hydrogens (tertiary/aromatic N) is 1. The fourth-order valence-corrected chi connectivity index (χ4v) is 0.862. The Balaban J connectivity index is 4.65. The lowest BCUT2D eigenvalue weighted by molar-refractivity contribution is -0.182. The van der Waals surface area contributed by atoms with E-state index in [0.29, 0.717) is 0 Å². The first-order valence-electron chi connectivity index (χ1n) is 5.26. The third-order valence-electron chi connectivity index (χ3n) is 1.78. The molecule has 0 aromatic rings. The second-order valence-corrected chi connectivity index (χ2v) is 3.36. The van der Waals surface area contributed by atoms with E-state index in [-0.39, 0.29) is 17.6 Å². The van der Waals surface area contributed by atoms with E-state index in [2.05, 4.69) is 13.2 Å². The SMILES string of the molecule is C=C/C=C(\C#N)C(=O)OC(CC)OC(=O)C(=C)C. The zero-order valence-electron chi connectivity index (χ0n) is 10.4. The number of carbonyl (C=O) groups is 2. The fraction of sp³-hybridized carbons (Fsp3) is 0.308. The quantitative estimate of drug-likeness (QED) is 0.236. The molecule has 0 spiro atoms. The maximum Gasteiger partial charge on any atom is 0.351 e. The molecule has 96 valence electrons. The minimum Gasteiger partial charge on any atom is -0.422 e. The van der Waals surface area contributed by atoms with Crippen LogP contribution in [0.3, 0.4) is 0 Å². The van der Waals surface area contributed by atoms with Gasteiger partial charge in [0.15, 0.2) is 0 Å². The summed E-state index contributed by atoms with van der Waals surface area (Å²) in [6.07, 6.45) is 1.75. The predicted octanol–water partition coefficient (Wildman–Crippen LogP) is 2.02. The van der Waals surface area contributed by atoms with Crippen molar-refractivity contribution in [3.05, 3.63) is 36.5 Å². The Hall–Kier alpha value is -2.35. The van der Waals surface area contributed by atoms with E-state index in [0.717, 1.165) is 0 Å². The Morgan fingerprint density at radius 1 is 1.39 bits per heavy atom. The molecular formula is C13H15NO4. The number of rotatable bonds is 6. The Morgan fingerprint density at radius 3 is 2.33 bits per heavy atom. The highest BCUT2D eigenvalue weighted by Gasteiger charge is 2.19. The highest BCUT2D eigenvalue weighted by molar-refractivity contribution is 5.93. The molecule has 0 amide bonds. The standard InChI is InChI=1S/C13H15NO4/c1-5-7-10(8-14)13(16)18-11(6-2)17-12(15)9(3)4/h5,7,11H,1,3,6H2,2,4H3/b10-7+. The summed E-state index contributed by atoms with van der Waals surface area (Å²) in [5, 5.41) is 8.69. The molecule has 0 bridgehead atoms. The molecule has 1 atom stereocenters. The van der Waals surface area contributed by atoms with E-state index >= 15 is 0 Å². The summed E-state index contributed by atoms with van der Waals surface area (Å²) < 4.78 is 9.72. The Kier molecular flexibility index (Phi) is 6.82. The molecular weight excluding hydrogens is 234 g/mol. The van der Waals surface area contributed by atoms with Crippen LogP contribution in [0.5, 0.6) is 0 Å². The molecule has 18 heavy (non-hydrogen) atoms. The highest BCUT2D eigenvalue weighted by Crippen LogP contribution is 2.08. The van der Waals surface area contributed by atoms with Crippen molar-refractivity contribution in [1.29, 1.82) is 5.26 Å². The molecule has 0 aliphatic rings. The molecule has 1 unspecified atom stereocenters. The lowest BCUT2D eigenvalue weighted by Crippen LogP contribution is -2.24. The van der Waals surface area contributed by atoms with E-state index in [1.54, 1.807) is 13.0 Å². The molecule has 0 saturated heterocycles. The largest absolute Gasteiger partial charge is 0.422 e. The maximum absolute atomic E-state index is 11.5. The maximum atomic E-state index is 11.5. The highest BCUT2D eigenvalue weighted by atomic mass is 16.7. The van der Waals surface area contributed by atoms with Gasteiger partial charge in [0, 0.05) is 12.0 Å². The number of esters is 2. The molecule has 0 N–H and O–H groups in total. The van der Waals surface area contributed by atoms with E-state index in [1.165, 1.54) is 19.1 Å². The molecule has 5 nitrogen and oxygen atoms in total. The summed E-state index contributed by atoms with van der Waals surface area (Å²) in [5.74, 6) is -1.51. The van der Waals surface area contributed by atoms with E-state index < -0.39 is 18.2 Å². The van der Waals surface area contributed by atoms with Gasteiger partial charge >= 0.3 is 11.9 Å². The molecule has 0 radical (unpaired) electrons. The van der Waals surface area contributed by atoms with Crippen LogP contribution >= 0.6 is 0 Å². The molecule has 0 fully saturated rings. The van der Waals surface area contributed by atoms with Crippen molar-refractivity contribution in [2.75, 3.05) is 0 Å². The first-order valence-corrected chi connectivity index (χ1v) is 5.26. The van der Waals surface area contributed by atoms with E-state index in [1.807, 2.05) is 0 Å². The average molecular weight is 249 g/mol. The number of hydrogen-bond acceptors (Lipinski definition) is 5. The molecule has 0 heterocycles. The number of allylic oxidation sites excluding steroid dienone is 2. The van der Waals surface area contributed by atoms with Crippen LogP contribution in [0, 0.1) is 11.3 Å². The van der Waals surface area contributed by atoms with Crippen LogP contribution in [0.4, 0.5) is 0 Å². The van der Waals surface area contributed by atoms with Gasteiger partial charge < -0.3 is 9.47 Å². The minimum atomic E-state index is -1.04. The van der Waals surface area contributed by atoms with Crippen molar-refractivity contribution in [3.8, 4) is 6.07 Å². The Labute approximate surface area is 106 Å². The van der Waals surface area contributed by atoms with Crippen LogP contribution in [0.25, 0.3) is 0 Å². The van der Waals surface area contributed by atoms with Crippen molar-refractivity contribution in [3.63, 3.8) is 0 Å². The van der Waals surface area contributed by atoms with Crippen molar-refractivity contribution in [1.82, 2.24) is 0 Å². The fourth-order valence-electron chi connectivity index (χ4n) is 0.862. The molecule has 0 aromatic carbocycles. The van der Waals surface area contributed by atoms with Gasteiger partial charge in [-0.3, -0.25) is 0 Å². The summed E-state index contributed by atoms with van der Waals surface area (Å²) in [6.45, 7) is 9.93. The zero-order chi connectivity index (χ0) is 14.1. The molecule has 0 rings (SSSR count). The van der Waals surface area contributed by atoms with E-state index in [9.17, 15) is 9.59 Å². The van der Waals surface area contributed by atoms with Gasteiger partial charge in [-0.25, -0.2) is 9.59 Å². The van der Waals surface area contributed by atoms with Gasteiger partial charge in [0.05, 0.1) is 0 Å². The number of ether oxygens (including phenoxy) is 2. The van der Waals surface area contributed by atoms with E-state index in [4.69, 9.17) is 14.7 Å². The van der Waals surface area contributed by atoms with Gasteiger partial charge in [-0.15, -0.1) is 0 Å². The van der Waals surface area contributed by atoms with Gasteiger partial charge in [0.25, 0.3) is 0 Å². The molecule has 5 heteroatoms. The second kappa shape index (κ2) is 7.85.